The quantitative estimate of drug-likeness (QED) is 0.648. The molecule has 0 saturated carbocycles. The van der Waals surface area contributed by atoms with E-state index in [2.05, 4.69) is 13.8 Å². The highest BCUT2D eigenvalue weighted by Gasteiger charge is 2.52. The summed E-state index contributed by atoms with van der Waals surface area (Å²) in [7, 11) is 0. The Bertz CT molecular complexity index is 306. The van der Waals surface area contributed by atoms with Crippen LogP contribution in [-0.4, -0.2) is 36.1 Å². The molecule has 15 heavy (non-hydrogen) atoms. The number of carbonyl (C=O) groups excluding carboxylic acids is 1. The van der Waals surface area contributed by atoms with Gasteiger partial charge in [0.15, 0.2) is 0 Å². The molecule has 0 bridgehead atoms. The van der Waals surface area contributed by atoms with Crippen LogP contribution >= 0.6 is 0 Å². The second-order valence-electron chi connectivity index (χ2n) is 4.97. The average molecular weight is 209 g/mol. The van der Waals surface area contributed by atoms with E-state index >= 15 is 0 Å². The highest BCUT2D eigenvalue weighted by atomic mass is 16.5. The molecule has 84 valence electrons. The average Bonchev–Trinajstić information content (AvgIpc) is 1.98. The zero-order valence-corrected chi connectivity index (χ0v) is 9.80. The third kappa shape index (κ3) is 1.69. The van der Waals surface area contributed by atoms with Gasteiger partial charge in [0.05, 0.1) is 18.8 Å². The van der Waals surface area contributed by atoms with Crippen LogP contribution in [0.4, 0.5) is 0 Å². The summed E-state index contributed by atoms with van der Waals surface area (Å²) in [6, 6.07) is 0. The molecule has 0 N–H and O–H groups in total. The highest BCUT2D eigenvalue weighted by molar-refractivity contribution is 5.80. The van der Waals surface area contributed by atoms with Crippen LogP contribution in [0.5, 0.6) is 0 Å². The van der Waals surface area contributed by atoms with Gasteiger partial charge in [0, 0.05) is 13.0 Å². The molecule has 3 nitrogen and oxygen atoms in total. The van der Waals surface area contributed by atoms with Gasteiger partial charge in [-0.2, -0.15) is 0 Å². The van der Waals surface area contributed by atoms with Gasteiger partial charge in [0.2, 0.25) is 5.91 Å². The number of hydrogen-bond donors (Lipinski definition) is 0. The second-order valence-corrected chi connectivity index (χ2v) is 4.97. The third-order valence-electron chi connectivity index (χ3n) is 3.69. The maximum Gasteiger partial charge on any atom is 0.227 e. The fourth-order valence-corrected chi connectivity index (χ4v) is 2.07. The van der Waals surface area contributed by atoms with Gasteiger partial charge in [-0.15, -0.1) is 0 Å². The molecule has 2 heterocycles. The molecule has 0 aromatic carbocycles. The van der Waals surface area contributed by atoms with Crippen molar-refractivity contribution in [2.75, 3.05) is 19.8 Å². The smallest absolute Gasteiger partial charge is 0.227 e. The number of hydrogen-bond acceptors (Lipinski definition) is 2. The maximum absolute atomic E-state index is 12.0. The third-order valence-corrected chi connectivity index (χ3v) is 3.69. The van der Waals surface area contributed by atoms with Crippen LogP contribution in [0, 0.1) is 0 Å². The van der Waals surface area contributed by atoms with Gasteiger partial charge in [-0.25, -0.2) is 0 Å². The fourth-order valence-electron chi connectivity index (χ4n) is 2.07. The van der Waals surface area contributed by atoms with E-state index in [1.54, 1.807) is 0 Å². The molecule has 0 atom stereocenters. The summed E-state index contributed by atoms with van der Waals surface area (Å²) in [6.45, 7) is 8.55. The topological polar surface area (TPSA) is 29.5 Å². The van der Waals surface area contributed by atoms with E-state index in [4.69, 9.17) is 4.74 Å². The fraction of sp³-hybridized carbons (Fsp3) is 0.750. The minimum absolute atomic E-state index is 0.0962. The van der Waals surface area contributed by atoms with Gasteiger partial charge in [-0.05, 0) is 27.2 Å². The molecule has 1 amide bonds. The van der Waals surface area contributed by atoms with Crippen molar-refractivity contribution in [2.45, 2.75) is 39.2 Å². The normalized spacial score (nSPS) is 21.9. The van der Waals surface area contributed by atoms with E-state index < -0.39 is 0 Å². The van der Waals surface area contributed by atoms with E-state index in [0.717, 1.165) is 26.2 Å². The summed E-state index contributed by atoms with van der Waals surface area (Å²) in [5, 5.41) is 0. The van der Waals surface area contributed by atoms with Crippen molar-refractivity contribution in [3.05, 3.63) is 11.1 Å². The van der Waals surface area contributed by atoms with Crippen LogP contribution in [0.1, 0.15) is 33.6 Å². The van der Waals surface area contributed by atoms with E-state index in [1.165, 1.54) is 11.1 Å². The van der Waals surface area contributed by atoms with Crippen LogP contribution in [0.2, 0.25) is 0 Å². The first-order valence-corrected chi connectivity index (χ1v) is 5.56. The van der Waals surface area contributed by atoms with Crippen LogP contribution in [0.25, 0.3) is 0 Å². The van der Waals surface area contributed by atoms with E-state index in [0.29, 0.717) is 6.42 Å². The van der Waals surface area contributed by atoms with E-state index in [9.17, 15) is 4.79 Å². The molecule has 2 aliphatic heterocycles. The Labute approximate surface area is 91.1 Å². The number of carbonyl (C=O) groups is 1. The molecule has 0 radical (unpaired) electrons. The SMILES string of the molecule is CC(C)=C(C)CC(=O)N1CCC12COC2. The van der Waals surface area contributed by atoms with Crippen molar-refractivity contribution in [3.8, 4) is 0 Å². The van der Waals surface area contributed by atoms with Crippen LogP contribution < -0.4 is 0 Å². The zero-order chi connectivity index (χ0) is 11.1. The molecule has 2 rings (SSSR count). The van der Waals surface area contributed by atoms with Crippen molar-refractivity contribution >= 4 is 5.91 Å². The van der Waals surface area contributed by atoms with E-state index in [1.807, 2.05) is 11.8 Å². The lowest BCUT2D eigenvalue weighted by Gasteiger charge is -2.57. The molecule has 2 fully saturated rings. The molecule has 0 aromatic rings. The number of ether oxygens (including phenoxy) is 1. The maximum atomic E-state index is 12.0. The molecule has 0 aromatic heterocycles. The van der Waals surface area contributed by atoms with Gasteiger partial charge in [-0.3, -0.25) is 4.79 Å². The number of nitrogens with zero attached hydrogens (tertiary/aromatic N) is 1. The van der Waals surface area contributed by atoms with Gasteiger partial charge in [0.25, 0.3) is 0 Å². The van der Waals surface area contributed by atoms with Crippen molar-refractivity contribution in [3.63, 3.8) is 0 Å². The summed E-state index contributed by atoms with van der Waals surface area (Å²) in [4.78, 5) is 14.0. The lowest BCUT2D eigenvalue weighted by atomic mass is 9.82. The van der Waals surface area contributed by atoms with Gasteiger partial charge >= 0.3 is 0 Å². The molecule has 1 spiro atoms. The first-order valence-electron chi connectivity index (χ1n) is 5.56. The molecule has 0 unspecified atom stereocenters. The summed E-state index contributed by atoms with van der Waals surface area (Å²) in [6.07, 6.45) is 1.69. The van der Waals surface area contributed by atoms with Crippen molar-refractivity contribution < 1.29 is 9.53 Å². The lowest BCUT2D eigenvalue weighted by molar-refractivity contribution is -0.199. The Morgan fingerprint density at radius 1 is 1.33 bits per heavy atom. The lowest BCUT2D eigenvalue weighted by Crippen LogP contribution is -2.72. The Morgan fingerprint density at radius 2 is 2.00 bits per heavy atom. The number of rotatable bonds is 2. The van der Waals surface area contributed by atoms with Crippen LogP contribution in [0.3, 0.4) is 0 Å². The molecule has 2 saturated heterocycles. The molecule has 3 heteroatoms. The minimum Gasteiger partial charge on any atom is -0.376 e. The predicted molar refractivity (Wildman–Crippen MR) is 58.5 cm³/mol. The van der Waals surface area contributed by atoms with E-state index in [-0.39, 0.29) is 11.4 Å². The van der Waals surface area contributed by atoms with Crippen molar-refractivity contribution in [1.29, 1.82) is 0 Å². The number of likely N-dealkylation sites (tertiary alicyclic amines) is 1. The summed E-state index contributed by atoms with van der Waals surface area (Å²) < 4.78 is 5.21. The standard InChI is InChI=1S/C12H19NO2/c1-9(2)10(3)6-11(14)13-5-4-12(13)7-15-8-12/h4-8H2,1-3H3. The molecular weight excluding hydrogens is 190 g/mol. The number of allylic oxidation sites excluding steroid dienone is 1. The van der Waals surface area contributed by atoms with Gasteiger partial charge in [0.1, 0.15) is 0 Å². The largest absolute Gasteiger partial charge is 0.376 e. The molecule has 0 aliphatic carbocycles. The summed E-state index contributed by atoms with van der Waals surface area (Å²) >= 11 is 0. The van der Waals surface area contributed by atoms with Crippen LogP contribution in [0.15, 0.2) is 11.1 Å². The Hall–Kier alpha value is -0.830. The van der Waals surface area contributed by atoms with Gasteiger partial charge < -0.3 is 9.64 Å². The van der Waals surface area contributed by atoms with Crippen molar-refractivity contribution in [1.82, 2.24) is 4.90 Å². The number of amides is 1. The second kappa shape index (κ2) is 3.63. The van der Waals surface area contributed by atoms with Gasteiger partial charge in [-0.1, -0.05) is 11.1 Å². The predicted octanol–water partition coefficient (Wildman–Crippen LogP) is 1.73. The Morgan fingerprint density at radius 3 is 2.33 bits per heavy atom. The zero-order valence-electron chi connectivity index (χ0n) is 9.80. The summed E-state index contributed by atoms with van der Waals surface area (Å²) in [5.74, 6) is 0.267. The Balaban J connectivity index is 1.95. The van der Waals surface area contributed by atoms with Crippen LogP contribution in [-0.2, 0) is 9.53 Å². The Kier molecular flexibility index (Phi) is 2.59. The molecule has 2 aliphatic rings. The monoisotopic (exact) mass is 209 g/mol. The first kappa shape index (κ1) is 10.7. The molecular formula is C12H19NO2. The first-order chi connectivity index (χ1) is 7.05. The summed E-state index contributed by atoms with van der Waals surface area (Å²) in [5.41, 5.74) is 2.55. The highest BCUT2D eigenvalue weighted by Crippen LogP contribution is 2.38. The minimum atomic E-state index is 0.0962. The van der Waals surface area contributed by atoms with Crippen molar-refractivity contribution in [2.24, 2.45) is 0 Å².